The third-order valence-electron chi connectivity index (χ3n) is 5.78. The van der Waals surface area contributed by atoms with E-state index in [2.05, 4.69) is 0 Å². The lowest BCUT2D eigenvalue weighted by molar-refractivity contribution is -0.315. The molecule has 0 amide bonds. The average molecular weight is 507 g/mol. The van der Waals surface area contributed by atoms with Gasteiger partial charge < -0.3 is 28.4 Å². The topological polar surface area (TPSA) is 141 Å². The van der Waals surface area contributed by atoms with Gasteiger partial charge in [-0.1, -0.05) is 36.5 Å². The van der Waals surface area contributed by atoms with Gasteiger partial charge in [0.05, 0.1) is 12.0 Å². The summed E-state index contributed by atoms with van der Waals surface area (Å²) in [5.41, 5.74) is 0. The highest BCUT2D eigenvalue weighted by molar-refractivity contribution is 5.88. The van der Waals surface area contributed by atoms with E-state index in [1.807, 2.05) is 12.2 Å². The van der Waals surface area contributed by atoms with Crippen molar-refractivity contribution >= 4 is 29.7 Å². The summed E-state index contributed by atoms with van der Waals surface area (Å²) in [6, 6.07) is 0. The molecule has 196 valence electrons. The van der Waals surface area contributed by atoms with Crippen molar-refractivity contribution in [3.8, 4) is 0 Å². The van der Waals surface area contributed by atoms with E-state index in [1.54, 1.807) is 24.3 Å². The quantitative estimate of drug-likeness (QED) is 0.281. The Balaban J connectivity index is 1.97. The summed E-state index contributed by atoms with van der Waals surface area (Å²) in [6.07, 6.45) is 3.82. The van der Waals surface area contributed by atoms with Crippen molar-refractivity contribution in [2.45, 2.75) is 70.9 Å². The van der Waals surface area contributed by atoms with Gasteiger partial charge in [0, 0.05) is 33.6 Å². The van der Waals surface area contributed by atoms with Crippen molar-refractivity contribution in [3.05, 3.63) is 36.5 Å². The lowest BCUT2D eigenvalue weighted by atomic mass is 9.90. The molecule has 0 unspecified atom stereocenters. The van der Waals surface area contributed by atoms with Crippen LogP contribution in [0.2, 0.25) is 0 Å². The molecule has 0 aromatic carbocycles. The Morgan fingerprint density at radius 2 is 1.44 bits per heavy atom. The summed E-state index contributed by atoms with van der Waals surface area (Å²) in [6.45, 7) is 4.24. The van der Waals surface area contributed by atoms with E-state index in [9.17, 15) is 24.0 Å². The number of carbonyl (C=O) groups is 5. The van der Waals surface area contributed by atoms with Gasteiger partial charge in [-0.15, -0.1) is 0 Å². The second kappa shape index (κ2) is 12.1. The fourth-order valence-corrected chi connectivity index (χ4v) is 4.35. The van der Waals surface area contributed by atoms with Crippen LogP contribution in [0.5, 0.6) is 0 Å². The summed E-state index contributed by atoms with van der Waals surface area (Å²) in [5, 5.41) is 0. The molecule has 2 aliphatic carbocycles. The molecule has 11 heteroatoms. The lowest BCUT2D eigenvalue weighted by Gasteiger charge is -2.45. The molecule has 3 aliphatic rings. The molecule has 0 aromatic rings. The maximum Gasteiger partial charge on any atom is 0.303 e. The van der Waals surface area contributed by atoms with Gasteiger partial charge in [0.25, 0.3) is 0 Å². The van der Waals surface area contributed by atoms with Gasteiger partial charge in [-0.05, 0) is 6.42 Å². The molecule has 1 fully saturated rings. The van der Waals surface area contributed by atoms with E-state index < -0.39 is 66.6 Å². The molecule has 0 N–H and O–H groups in total. The Labute approximate surface area is 208 Å². The second-order valence-corrected chi connectivity index (χ2v) is 8.64. The van der Waals surface area contributed by atoms with Crippen molar-refractivity contribution < 1.29 is 52.4 Å². The first kappa shape index (κ1) is 27.3. The second-order valence-electron chi connectivity index (χ2n) is 8.64. The zero-order valence-corrected chi connectivity index (χ0v) is 20.5. The van der Waals surface area contributed by atoms with E-state index >= 15 is 0 Å². The minimum Gasteiger partial charge on any atom is -0.463 e. The minimum absolute atomic E-state index is 0.0550. The number of rotatable bonds is 7. The van der Waals surface area contributed by atoms with E-state index in [1.165, 1.54) is 6.92 Å². The molecule has 36 heavy (non-hydrogen) atoms. The lowest BCUT2D eigenvalue weighted by Crippen LogP contribution is -2.63. The largest absolute Gasteiger partial charge is 0.463 e. The number of carbonyl (C=O) groups excluding carboxylic acids is 5. The van der Waals surface area contributed by atoms with E-state index in [4.69, 9.17) is 28.4 Å². The van der Waals surface area contributed by atoms with Gasteiger partial charge in [0.15, 0.2) is 24.6 Å². The van der Waals surface area contributed by atoms with Gasteiger partial charge in [-0.25, -0.2) is 0 Å². The highest BCUT2D eigenvalue weighted by Gasteiger charge is 2.53. The molecule has 2 bridgehead atoms. The Hall–Kier alpha value is -3.31. The zero-order chi connectivity index (χ0) is 26.4. The molecule has 3 rings (SSSR count). The van der Waals surface area contributed by atoms with Crippen LogP contribution in [0, 0.1) is 11.8 Å². The summed E-state index contributed by atoms with van der Waals surface area (Å²) in [5.74, 6) is -3.86. The molecule has 0 aromatic heterocycles. The Bertz CT molecular complexity index is 965. The molecule has 1 heterocycles. The van der Waals surface area contributed by atoms with Crippen LogP contribution in [0.4, 0.5) is 0 Å². The van der Waals surface area contributed by atoms with E-state index in [-0.39, 0.29) is 18.3 Å². The predicted octanol–water partition coefficient (Wildman–Crippen LogP) is 1.34. The number of ether oxygens (including phenoxy) is 6. The van der Waals surface area contributed by atoms with Gasteiger partial charge in [-0.2, -0.15) is 0 Å². The predicted molar refractivity (Wildman–Crippen MR) is 121 cm³/mol. The maximum absolute atomic E-state index is 13.1. The number of Topliss-reactive ketones (excluding diaryl/α,β-unsaturated/α-hetero) is 1. The Morgan fingerprint density at radius 3 is 2.08 bits per heavy atom. The monoisotopic (exact) mass is 506 g/mol. The first-order valence-corrected chi connectivity index (χ1v) is 11.6. The van der Waals surface area contributed by atoms with Crippen molar-refractivity contribution in [2.24, 2.45) is 11.8 Å². The van der Waals surface area contributed by atoms with Crippen molar-refractivity contribution in [2.75, 3.05) is 6.61 Å². The Morgan fingerprint density at radius 1 is 0.833 bits per heavy atom. The first-order valence-electron chi connectivity index (χ1n) is 11.6. The molecule has 1 saturated heterocycles. The maximum atomic E-state index is 13.1. The molecular formula is C25H30O11. The van der Waals surface area contributed by atoms with Gasteiger partial charge in [0.2, 0.25) is 0 Å². The highest BCUT2D eigenvalue weighted by atomic mass is 16.7. The third kappa shape index (κ3) is 6.88. The van der Waals surface area contributed by atoms with Crippen LogP contribution in [-0.2, 0) is 52.4 Å². The normalized spacial score (nSPS) is 33.2. The van der Waals surface area contributed by atoms with Crippen LogP contribution in [0.1, 0.15) is 34.1 Å². The Kier molecular flexibility index (Phi) is 9.16. The van der Waals surface area contributed by atoms with E-state index in [0.717, 1.165) is 20.8 Å². The standard InChI is InChI=1S/C25H30O11/c1-13(26)31-12-20-22(32-14(2)27)23(33-15(3)28)24(34-16(4)29)25(36-20)35-19-11-7-9-17-8-5-6-10-18(19)21(17)30/h5-8,10-11,17-20,22-25H,9,12H2,1-4H3/t17-,18+,19-,20-,22-,23+,24-,25-/m1/s1. The number of fused-ring (bicyclic) bond motifs is 2. The van der Waals surface area contributed by atoms with Crippen LogP contribution in [0.15, 0.2) is 36.5 Å². The summed E-state index contributed by atoms with van der Waals surface area (Å²) in [4.78, 5) is 60.3. The molecule has 0 radical (unpaired) electrons. The molecule has 0 saturated carbocycles. The molecule has 11 nitrogen and oxygen atoms in total. The summed E-state index contributed by atoms with van der Waals surface area (Å²) in [7, 11) is 0. The van der Waals surface area contributed by atoms with Crippen molar-refractivity contribution in [3.63, 3.8) is 0 Å². The van der Waals surface area contributed by atoms with Gasteiger partial charge in [-0.3, -0.25) is 24.0 Å². The molecule has 0 spiro atoms. The minimum atomic E-state index is -1.37. The number of ketones is 1. The van der Waals surface area contributed by atoms with Gasteiger partial charge >= 0.3 is 23.9 Å². The average Bonchev–Trinajstić information content (AvgIpc) is 3.05. The van der Waals surface area contributed by atoms with Crippen LogP contribution in [0.25, 0.3) is 0 Å². The fourth-order valence-electron chi connectivity index (χ4n) is 4.35. The summed E-state index contributed by atoms with van der Waals surface area (Å²) < 4.78 is 33.4. The van der Waals surface area contributed by atoms with Crippen molar-refractivity contribution in [1.29, 1.82) is 0 Å². The van der Waals surface area contributed by atoms with Crippen LogP contribution in [0.3, 0.4) is 0 Å². The number of allylic oxidation sites excluding steroid dienone is 4. The SMILES string of the molecule is CC(=O)OC[C@H]1O[C@@H](O[C@@H]2C=CC[C@H]3C=CC=C[C@@H]2C3=O)[C@H](OC(C)=O)[C@@H](OC(C)=O)[C@@H]1OC(C)=O. The zero-order valence-electron chi connectivity index (χ0n) is 20.5. The van der Waals surface area contributed by atoms with Crippen molar-refractivity contribution in [1.82, 2.24) is 0 Å². The summed E-state index contributed by atoms with van der Waals surface area (Å²) >= 11 is 0. The third-order valence-corrected chi connectivity index (χ3v) is 5.78. The molecular weight excluding hydrogens is 476 g/mol. The number of hydrogen-bond donors (Lipinski definition) is 0. The molecule has 1 aliphatic heterocycles. The fraction of sp³-hybridized carbons (Fsp3) is 0.560. The number of hydrogen-bond acceptors (Lipinski definition) is 11. The van der Waals surface area contributed by atoms with Crippen LogP contribution < -0.4 is 0 Å². The van der Waals surface area contributed by atoms with Crippen LogP contribution in [-0.4, -0.2) is 73.1 Å². The number of esters is 4. The highest BCUT2D eigenvalue weighted by Crippen LogP contribution is 2.34. The van der Waals surface area contributed by atoms with Crippen LogP contribution >= 0.6 is 0 Å². The molecule has 8 atom stereocenters. The van der Waals surface area contributed by atoms with E-state index in [0.29, 0.717) is 6.42 Å². The smallest absolute Gasteiger partial charge is 0.303 e. The van der Waals surface area contributed by atoms with Gasteiger partial charge in [0.1, 0.15) is 18.5 Å². The first-order chi connectivity index (χ1) is 17.1.